The van der Waals surface area contributed by atoms with Crippen molar-refractivity contribution in [1.29, 1.82) is 0 Å². The molecule has 0 fully saturated rings. The fraction of sp³-hybridized carbons (Fsp3) is 0.240. The molecule has 3 aromatic rings. The number of aromatic hydroxyl groups is 1. The van der Waals surface area contributed by atoms with Crippen molar-refractivity contribution in [2.45, 2.75) is 31.8 Å². The van der Waals surface area contributed by atoms with Crippen LogP contribution in [-0.4, -0.2) is 18.4 Å². The molecule has 0 aliphatic carbocycles. The number of para-hydroxylation sites is 2. The topological polar surface area (TPSA) is 41.8 Å². The van der Waals surface area contributed by atoms with Gasteiger partial charge in [0.25, 0.3) is 0 Å². The van der Waals surface area contributed by atoms with Crippen molar-refractivity contribution in [3.63, 3.8) is 0 Å². The van der Waals surface area contributed by atoms with Crippen LogP contribution in [0.15, 0.2) is 77.8 Å². The van der Waals surface area contributed by atoms with Crippen LogP contribution in [0.4, 0.5) is 5.69 Å². The van der Waals surface area contributed by atoms with E-state index in [2.05, 4.69) is 37.0 Å². The lowest BCUT2D eigenvalue weighted by molar-refractivity contribution is 0.365. The number of hydrogen-bond acceptors (Lipinski definition) is 3. The van der Waals surface area contributed by atoms with Crippen molar-refractivity contribution >= 4 is 25.8 Å². The molecule has 150 valence electrons. The lowest BCUT2D eigenvalue weighted by Gasteiger charge is -2.34. The number of ether oxygens (including phenoxy) is 1. The van der Waals surface area contributed by atoms with Gasteiger partial charge in [0.05, 0.1) is 12.8 Å². The Kier molecular flexibility index (Phi) is 7.06. The summed E-state index contributed by atoms with van der Waals surface area (Å²) in [5.41, 5.74) is 3.01. The van der Waals surface area contributed by atoms with E-state index in [4.69, 9.17) is 4.74 Å². The molecule has 0 heterocycles. The predicted octanol–water partition coefficient (Wildman–Crippen LogP) is 6.17. The lowest BCUT2D eigenvalue weighted by Crippen LogP contribution is -2.23. The summed E-state index contributed by atoms with van der Waals surface area (Å²) in [5, 5.41) is 11.9. The number of methoxy groups -OCH3 is 1. The molecule has 0 radical (unpaired) electrons. The average molecular weight is 405 g/mol. The molecule has 0 aliphatic rings. The van der Waals surface area contributed by atoms with Gasteiger partial charge in [-0.15, -0.1) is 0 Å². The largest absolute Gasteiger partial charge is 0.504 e. The first-order valence-electron chi connectivity index (χ1n) is 9.96. The molecule has 3 aromatic carbocycles. The maximum Gasteiger partial charge on any atom is 0.161 e. The molecule has 0 spiro atoms. The monoisotopic (exact) mass is 405 g/mol. The van der Waals surface area contributed by atoms with E-state index in [0.717, 1.165) is 29.7 Å². The third-order valence-electron chi connectivity index (χ3n) is 5.39. The number of rotatable bonds is 8. The standard InChI is InChI=1S/C25H28NO2P/c1-4-25(5-2,21-15-11-16-22(28-3)24(21)27)29-23-17-10-9-12-19(23)18-26-20-13-7-6-8-14-20/h6-18,27,29H,4-5H2,1-3H3/b26-18+. The van der Waals surface area contributed by atoms with Crippen LogP contribution in [0.5, 0.6) is 11.5 Å². The molecule has 1 unspecified atom stereocenters. The van der Waals surface area contributed by atoms with Crippen molar-refractivity contribution in [2.24, 2.45) is 4.99 Å². The summed E-state index contributed by atoms with van der Waals surface area (Å²) in [6.07, 6.45) is 3.79. The molecule has 1 N–H and O–H groups in total. The summed E-state index contributed by atoms with van der Waals surface area (Å²) in [6.45, 7) is 4.38. The molecule has 1 atom stereocenters. The quantitative estimate of drug-likeness (QED) is 0.360. The maximum absolute atomic E-state index is 10.8. The molecular formula is C25H28NO2P. The Labute approximate surface area is 175 Å². The molecule has 4 heteroatoms. The fourth-order valence-corrected chi connectivity index (χ4v) is 5.26. The second-order valence-electron chi connectivity index (χ2n) is 6.95. The van der Waals surface area contributed by atoms with Crippen molar-refractivity contribution in [3.8, 4) is 11.5 Å². The minimum absolute atomic E-state index is 0.157. The number of phenols is 1. The van der Waals surface area contributed by atoms with Crippen LogP contribution >= 0.6 is 8.58 Å². The number of aliphatic imine (C=N–C) groups is 1. The summed E-state index contributed by atoms with van der Waals surface area (Å²) in [4.78, 5) is 4.65. The van der Waals surface area contributed by atoms with E-state index in [1.165, 1.54) is 5.30 Å². The zero-order chi connectivity index (χ0) is 20.7. The summed E-state index contributed by atoms with van der Waals surface area (Å²) >= 11 is 0. The van der Waals surface area contributed by atoms with Gasteiger partial charge in [0.1, 0.15) is 0 Å². The van der Waals surface area contributed by atoms with Crippen LogP contribution < -0.4 is 10.0 Å². The van der Waals surface area contributed by atoms with Gasteiger partial charge in [0.2, 0.25) is 0 Å². The SMILES string of the molecule is CCC(CC)(Pc1ccccc1/C=N/c1ccccc1)c1cccc(OC)c1O. The summed E-state index contributed by atoms with van der Waals surface area (Å²) in [7, 11) is 2.09. The minimum Gasteiger partial charge on any atom is -0.504 e. The first kappa shape index (κ1) is 21.1. The third-order valence-corrected chi connectivity index (χ3v) is 7.56. The van der Waals surface area contributed by atoms with Crippen molar-refractivity contribution in [2.75, 3.05) is 7.11 Å². The molecular weight excluding hydrogens is 377 g/mol. The molecule has 0 amide bonds. The average Bonchev–Trinajstić information content (AvgIpc) is 2.78. The van der Waals surface area contributed by atoms with Crippen LogP contribution in [0.1, 0.15) is 37.8 Å². The van der Waals surface area contributed by atoms with Gasteiger partial charge in [-0.3, -0.25) is 4.99 Å². The zero-order valence-electron chi connectivity index (χ0n) is 17.2. The number of nitrogens with zero attached hydrogens (tertiary/aromatic N) is 1. The molecule has 3 rings (SSSR count). The first-order valence-corrected chi connectivity index (χ1v) is 11.0. The summed E-state index contributed by atoms with van der Waals surface area (Å²) < 4.78 is 5.36. The van der Waals surface area contributed by atoms with E-state index < -0.39 is 0 Å². The van der Waals surface area contributed by atoms with E-state index in [1.807, 2.05) is 54.7 Å². The van der Waals surface area contributed by atoms with Gasteiger partial charge in [0.15, 0.2) is 11.5 Å². The van der Waals surface area contributed by atoms with Gasteiger partial charge in [-0.1, -0.05) is 77.0 Å². The van der Waals surface area contributed by atoms with Gasteiger partial charge in [0, 0.05) is 22.5 Å². The van der Waals surface area contributed by atoms with Gasteiger partial charge in [-0.2, -0.15) is 0 Å². The van der Waals surface area contributed by atoms with Gasteiger partial charge < -0.3 is 9.84 Å². The molecule has 0 bridgehead atoms. The van der Waals surface area contributed by atoms with E-state index >= 15 is 0 Å². The third kappa shape index (κ3) is 4.68. The highest BCUT2D eigenvalue weighted by Crippen LogP contribution is 2.51. The molecule has 0 aliphatic heterocycles. The second-order valence-corrected chi connectivity index (χ2v) is 8.70. The highest BCUT2D eigenvalue weighted by atomic mass is 31.1. The fourth-order valence-electron chi connectivity index (χ4n) is 3.59. The number of benzene rings is 3. The van der Waals surface area contributed by atoms with Crippen molar-refractivity contribution < 1.29 is 9.84 Å². The number of phenolic OH excluding ortho intramolecular Hbond substituents is 1. The Bertz CT molecular complexity index is 966. The van der Waals surface area contributed by atoms with Crippen molar-refractivity contribution in [1.82, 2.24) is 0 Å². The van der Waals surface area contributed by atoms with Crippen LogP contribution in [0.25, 0.3) is 0 Å². The van der Waals surface area contributed by atoms with E-state index in [-0.39, 0.29) is 10.9 Å². The second kappa shape index (κ2) is 9.71. The maximum atomic E-state index is 10.8. The normalized spacial score (nSPS) is 12.1. The molecule has 3 nitrogen and oxygen atoms in total. The molecule has 29 heavy (non-hydrogen) atoms. The van der Waals surface area contributed by atoms with E-state index in [0.29, 0.717) is 14.3 Å². The van der Waals surface area contributed by atoms with E-state index in [1.54, 1.807) is 13.2 Å². The molecule has 0 saturated heterocycles. The van der Waals surface area contributed by atoms with Crippen LogP contribution in [0, 0.1) is 0 Å². The van der Waals surface area contributed by atoms with Crippen LogP contribution in [0.2, 0.25) is 0 Å². The highest BCUT2D eigenvalue weighted by Gasteiger charge is 2.33. The van der Waals surface area contributed by atoms with Crippen molar-refractivity contribution in [3.05, 3.63) is 83.9 Å². The zero-order valence-corrected chi connectivity index (χ0v) is 18.2. The van der Waals surface area contributed by atoms with Crippen LogP contribution in [-0.2, 0) is 5.16 Å². The number of hydrogen-bond donors (Lipinski definition) is 1. The molecule has 0 aromatic heterocycles. The Morgan fingerprint density at radius 1 is 0.931 bits per heavy atom. The molecule has 0 saturated carbocycles. The van der Waals surface area contributed by atoms with Crippen LogP contribution in [0.3, 0.4) is 0 Å². The minimum atomic E-state index is -0.157. The Morgan fingerprint density at radius 2 is 1.62 bits per heavy atom. The van der Waals surface area contributed by atoms with Gasteiger partial charge in [-0.05, 0) is 36.3 Å². The lowest BCUT2D eigenvalue weighted by atomic mass is 9.91. The first-order chi connectivity index (χ1) is 14.1. The van der Waals surface area contributed by atoms with Gasteiger partial charge in [-0.25, -0.2) is 0 Å². The smallest absolute Gasteiger partial charge is 0.161 e. The Morgan fingerprint density at radius 3 is 2.31 bits per heavy atom. The Hall–Kier alpha value is -2.64. The summed E-state index contributed by atoms with van der Waals surface area (Å²) in [5.74, 6) is 0.777. The van der Waals surface area contributed by atoms with Gasteiger partial charge >= 0.3 is 0 Å². The Balaban J connectivity index is 1.99. The van der Waals surface area contributed by atoms with E-state index in [9.17, 15) is 5.11 Å². The highest BCUT2D eigenvalue weighted by molar-refractivity contribution is 7.48. The summed E-state index contributed by atoms with van der Waals surface area (Å²) in [6, 6.07) is 24.2. The predicted molar refractivity (Wildman–Crippen MR) is 125 cm³/mol.